The molecular formula is C16H24N4O. The Labute approximate surface area is 126 Å². The molecule has 1 aromatic rings. The van der Waals surface area contributed by atoms with Crippen LogP contribution in [0.4, 0.5) is 11.4 Å². The summed E-state index contributed by atoms with van der Waals surface area (Å²) in [5.74, 6) is 0.0158. The van der Waals surface area contributed by atoms with Crippen molar-refractivity contribution in [1.29, 1.82) is 0 Å². The van der Waals surface area contributed by atoms with Crippen LogP contribution in [0.2, 0.25) is 0 Å². The molecule has 2 heterocycles. The standard InChI is InChI=1S/C16H24N4O/c1-20-10-3-2-5-12(20)11-19-16(21)13-6-4-7-14-15(13)18-9-8-17-14/h4,6-7,12,17-18H,2-3,5,8-11H2,1H3,(H,19,21). The molecule has 0 aliphatic carbocycles. The Bertz CT molecular complexity index is 517. The normalized spacial score (nSPS) is 21.9. The first-order chi connectivity index (χ1) is 10.3. The minimum absolute atomic E-state index is 0.0158. The molecule has 1 atom stereocenters. The molecule has 114 valence electrons. The molecule has 1 aromatic carbocycles. The zero-order chi connectivity index (χ0) is 14.7. The van der Waals surface area contributed by atoms with Crippen LogP contribution in [-0.4, -0.2) is 50.1 Å². The Morgan fingerprint density at radius 1 is 1.33 bits per heavy atom. The van der Waals surface area contributed by atoms with E-state index in [1.165, 1.54) is 19.3 Å². The molecule has 21 heavy (non-hydrogen) atoms. The van der Waals surface area contributed by atoms with Crippen molar-refractivity contribution in [3.05, 3.63) is 23.8 Å². The maximum absolute atomic E-state index is 12.5. The summed E-state index contributed by atoms with van der Waals surface area (Å²) < 4.78 is 0. The minimum Gasteiger partial charge on any atom is -0.382 e. The highest BCUT2D eigenvalue weighted by molar-refractivity contribution is 6.02. The lowest BCUT2D eigenvalue weighted by Crippen LogP contribution is -2.44. The van der Waals surface area contributed by atoms with Crippen molar-refractivity contribution in [3.63, 3.8) is 0 Å². The van der Waals surface area contributed by atoms with E-state index < -0.39 is 0 Å². The molecule has 1 saturated heterocycles. The number of nitrogens with zero attached hydrogens (tertiary/aromatic N) is 1. The largest absolute Gasteiger partial charge is 0.382 e. The van der Waals surface area contributed by atoms with Gasteiger partial charge in [-0.05, 0) is 38.6 Å². The number of piperidine rings is 1. The van der Waals surface area contributed by atoms with Gasteiger partial charge in [0.25, 0.3) is 5.91 Å². The van der Waals surface area contributed by atoms with Crippen molar-refractivity contribution in [2.75, 3.05) is 43.9 Å². The number of fused-ring (bicyclic) bond motifs is 1. The van der Waals surface area contributed by atoms with Crippen molar-refractivity contribution in [2.24, 2.45) is 0 Å². The third-order valence-corrected chi connectivity index (χ3v) is 4.47. The van der Waals surface area contributed by atoms with E-state index in [1.807, 2.05) is 18.2 Å². The number of hydrogen-bond donors (Lipinski definition) is 3. The topological polar surface area (TPSA) is 56.4 Å². The summed E-state index contributed by atoms with van der Waals surface area (Å²) in [6.45, 7) is 3.60. The predicted octanol–water partition coefficient (Wildman–Crippen LogP) is 1.74. The zero-order valence-electron chi connectivity index (χ0n) is 12.6. The highest BCUT2D eigenvalue weighted by atomic mass is 16.1. The molecular weight excluding hydrogens is 264 g/mol. The van der Waals surface area contributed by atoms with Crippen molar-refractivity contribution < 1.29 is 4.79 Å². The Morgan fingerprint density at radius 3 is 3.05 bits per heavy atom. The number of likely N-dealkylation sites (tertiary alicyclic amines) is 1. The van der Waals surface area contributed by atoms with Gasteiger partial charge in [-0.3, -0.25) is 4.79 Å². The highest BCUT2D eigenvalue weighted by Crippen LogP contribution is 2.28. The summed E-state index contributed by atoms with van der Waals surface area (Å²) >= 11 is 0. The van der Waals surface area contributed by atoms with Gasteiger partial charge in [-0.25, -0.2) is 0 Å². The first-order valence-electron chi connectivity index (χ1n) is 7.85. The van der Waals surface area contributed by atoms with E-state index in [9.17, 15) is 4.79 Å². The van der Waals surface area contributed by atoms with Crippen LogP contribution in [0.25, 0.3) is 0 Å². The quantitative estimate of drug-likeness (QED) is 0.793. The molecule has 0 bridgehead atoms. The Balaban J connectivity index is 1.65. The highest BCUT2D eigenvalue weighted by Gasteiger charge is 2.21. The van der Waals surface area contributed by atoms with E-state index in [4.69, 9.17) is 0 Å². The fourth-order valence-corrected chi connectivity index (χ4v) is 3.17. The zero-order valence-corrected chi connectivity index (χ0v) is 12.6. The van der Waals surface area contributed by atoms with E-state index in [0.717, 1.165) is 43.1 Å². The van der Waals surface area contributed by atoms with Crippen molar-refractivity contribution in [1.82, 2.24) is 10.2 Å². The molecule has 5 heteroatoms. The second-order valence-corrected chi connectivity index (χ2v) is 5.92. The molecule has 1 fully saturated rings. The van der Waals surface area contributed by atoms with E-state index in [0.29, 0.717) is 6.04 Å². The molecule has 2 aliphatic rings. The van der Waals surface area contributed by atoms with E-state index in [1.54, 1.807) is 0 Å². The Kier molecular flexibility index (Phi) is 4.29. The van der Waals surface area contributed by atoms with Crippen LogP contribution in [-0.2, 0) is 0 Å². The number of para-hydroxylation sites is 1. The Hall–Kier alpha value is -1.75. The third-order valence-electron chi connectivity index (χ3n) is 4.47. The minimum atomic E-state index is 0.0158. The number of carbonyl (C=O) groups excluding carboxylic acids is 1. The molecule has 1 unspecified atom stereocenters. The first kappa shape index (κ1) is 14.2. The number of rotatable bonds is 3. The average molecular weight is 288 g/mol. The monoisotopic (exact) mass is 288 g/mol. The molecule has 0 aromatic heterocycles. The van der Waals surface area contributed by atoms with Gasteiger partial charge in [-0.2, -0.15) is 0 Å². The van der Waals surface area contributed by atoms with E-state index in [2.05, 4.69) is 27.9 Å². The van der Waals surface area contributed by atoms with Gasteiger partial charge in [-0.1, -0.05) is 12.5 Å². The van der Waals surface area contributed by atoms with Crippen molar-refractivity contribution >= 4 is 17.3 Å². The van der Waals surface area contributed by atoms with Gasteiger partial charge < -0.3 is 20.9 Å². The van der Waals surface area contributed by atoms with Gasteiger partial charge in [-0.15, -0.1) is 0 Å². The molecule has 3 rings (SSSR count). The van der Waals surface area contributed by atoms with Crippen LogP contribution in [0.1, 0.15) is 29.6 Å². The maximum Gasteiger partial charge on any atom is 0.253 e. The van der Waals surface area contributed by atoms with E-state index in [-0.39, 0.29) is 5.91 Å². The number of anilines is 2. The number of carbonyl (C=O) groups is 1. The number of hydrogen-bond acceptors (Lipinski definition) is 4. The summed E-state index contributed by atoms with van der Waals surface area (Å²) in [6.07, 6.45) is 3.70. The molecule has 0 radical (unpaired) electrons. The molecule has 3 N–H and O–H groups in total. The SMILES string of the molecule is CN1CCCCC1CNC(=O)c1cccc2c1NCCN2. The summed E-state index contributed by atoms with van der Waals surface area (Å²) in [7, 11) is 2.14. The van der Waals surface area contributed by atoms with Crippen LogP contribution >= 0.6 is 0 Å². The number of likely N-dealkylation sites (N-methyl/N-ethyl adjacent to an activating group) is 1. The number of nitrogens with one attached hydrogen (secondary N) is 3. The predicted molar refractivity (Wildman–Crippen MR) is 86.0 cm³/mol. The first-order valence-corrected chi connectivity index (χ1v) is 7.85. The van der Waals surface area contributed by atoms with Crippen molar-refractivity contribution in [3.8, 4) is 0 Å². The average Bonchev–Trinajstić information content (AvgIpc) is 2.53. The second kappa shape index (κ2) is 6.35. The number of amides is 1. The summed E-state index contributed by atoms with van der Waals surface area (Å²) in [6, 6.07) is 6.29. The molecule has 1 amide bonds. The summed E-state index contributed by atoms with van der Waals surface area (Å²) in [5, 5.41) is 9.75. The smallest absolute Gasteiger partial charge is 0.253 e. The van der Waals surface area contributed by atoms with Crippen LogP contribution in [0.5, 0.6) is 0 Å². The van der Waals surface area contributed by atoms with Crippen LogP contribution < -0.4 is 16.0 Å². The molecule has 0 spiro atoms. The van der Waals surface area contributed by atoms with Gasteiger partial charge >= 0.3 is 0 Å². The van der Waals surface area contributed by atoms with Crippen LogP contribution in [0.3, 0.4) is 0 Å². The fourth-order valence-electron chi connectivity index (χ4n) is 3.17. The van der Waals surface area contributed by atoms with E-state index >= 15 is 0 Å². The van der Waals surface area contributed by atoms with Crippen LogP contribution in [0, 0.1) is 0 Å². The van der Waals surface area contributed by atoms with Gasteiger partial charge in [0.1, 0.15) is 0 Å². The van der Waals surface area contributed by atoms with Gasteiger partial charge in [0, 0.05) is 25.7 Å². The maximum atomic E-state index is 12.5. The summed E-state index contributed by atoms with van der Waals surface area (Å²) in [5.41, 5.74) is 2.68. The third kappa shape index (κ3) is 3.13. The molecule has 0 saturated carbocycles. The fraction of sp³-hybridized carbons (Fsp3) is 0.562. The van der Waals surface area contributed by atoms with Gasteiger partial charge in [0.05, 0.1) is 16.9 Å². The van der Waals surface area contributed by atoms with Crippen LogP contribution in [0.15, 0.2) is 18.2 Å². The van der Waals surface area contributed by atoms with Gasteiger partial charge in [0.15, 0.2) is 0 Å². The lowest BCUT2D eigenvalue weighted by molar-refractivity contribution is 0.0929. The molecule has 2 aliphatic heterocycles. The summed E-state index contributed by atoms with van der Waals surface area (Å²) in [4.78, 5) is 14.8. The number of benzene rings is 1. The lowest BCUT2D eigenvalue weighted by atomic mass is 10.0. The van der Waals surface area contributed by atoms with Crippen molar-refractivity contribution in [2.45, 2.75) is 25.3 Å². The van der Waals surface area contributed by atoms with Gasteiger partial charge in [0.2, 0.25) is 0 Å². The molecule has 5 nitrogen and oxygen atoms in total. The second-order valence-electron chi connectivity index (χ2n) is 5.92. The Morgan fingerprint density at radius 2 is 2.19 bits per heavy atom. The lowest BCUT2D eigenvalue weighted by Gasteiger charge is -2.32.